The molecule has 0 bridgehead atoms. The minimum Gasteiger partial charge on any atom is -0.482 e. The normalized spacial score (nSPS) is 10.7. The molecule has 0 spiro atoms. The summed E-state index contributed by atoms with van der Waals surface area (Å²) in [7, 11) is 0. The zero-order valence-electron chi connectivity index (χ0n) is 15.7. The first kappa shape index (κ1) is 20.3. The number of halogens is 1. The van der Waals surface area contributed by atoms with E-state index in [4.69, 9.17) is 9.47 Å². The first-order valence-electron chi connectivity index (χ1n) is 8.64. The minimum absolute atomic E-state index is 0.132. The molecule has 0 radical (unpaired) electrons. The highest BCUT2D eigenvalue weighted by Crippen LogP contribution is 2.30. The lowest BCUT2D eigenvalue weighted by atomic mass is 10.1. The van der Waals surface area contributed by atoms with Crippen LogP contribution in [0.25, 0.3) is 10.2 Å². The molecule has 3 rings (SSSR count). The highest BCUT2D eigenvalue weighted by Gasteiger charge is 2.13. The molecule has 0 saturated carbocycles. The van der Waals surface area contributed by atoms with Gasteiger partial charge in [-0.1, -0.05) is 17.4 Å². The number of amides is 1. The summed E-state index contributed by atoms with van der Waals surface area (Å²) in [5.41, 5.74) is 3.22. The van der Waals surface area contributed by atoms with E-state index >= 15 is 0 Å². The zero-order valence-corrected chi connectivity index (χ0v) is 18.1. The van der Waals surface area contributed by atoms with E-state index in [-0.39, 0.29) is 18.5 Å². The smallest absolute Gasteiger partial charge is 0.338 e. The van der Waals surface area contributed by atoms with Crippen LogP contribution in [0.1, 0.15) is 28.4 Å². The van der Waals surface area contributed by atoms with Gasteiger partial charge in [0, 0.05) is 0 Å². The number of anilines is 1. The molecule has 1 aromatic heterocycles. The SMILES string of the molecule is CCOC(=O)c1ccc2nc(NC(=O)COc3c(C)cc(C)cc3Br)sc2c1. The van der Waals surface area contributed by atoms with Crippen LogP contribution >= 0.6 is 27.3 Å². The van der Waals surface area contributed by atoms with Crippen LogP contribution in [0.5, 0.6) is 5.75 Å². The molecular weight excluding hydrogens is 444 g/mol. The number of fused-ring (bicyclic) bond motifs is 1. The van der Waals surface area contributed by atoms with Gasteiger partial charge in [0.1, 0.15) is 5.75 Å². The van der Waals surface area contributed by atoms with E-state index in [1.165, 1.54) is 11.3 Å². The molecule has 1 heterocycles. The van der Waals surface area contributed by atoms with Gasteiger partial charge < -0.3 is 9.47 Å². The molecule has 0 atom stereocenters. The molecule has 3 aromatic rings. The van der Waals surface area contributed by atoms with Crippen molar-refractivity contribution in [2.24, 2.45) is 0 Å². The van der Waals surface area contributed by atoms with Crippen LogP contribution < -0.4 is 10.1 Å². The number of carbonyl (C=O) groups excluding carboxylic acids is 2. The molecule has 28 heavy (non-hydrogen) atoms. The summed E-state index contributed by atoms with van der Waals surface area (Å²) in [5.74, 6) is -0.0449. The van der Waals surface area contributed by atoms with Crippen molar-refractivity contribution in [2.45, 2.75) is 20.8 Å². The van der Waals surface area contributed by atoms with Gasteiger partial charge in [0.2, 0.25) is 0 Å². The van der Waals surface area contributed by atoms with Crippen molar-refractivity contribution in [2.75, 3.05) is 18.5 Å². The van der Waals surface area contributed by atoms with Gasteiger partial charge >= 0.3 is 5.97 Å². The predicted molar refractivity (Wildman–Crippen MR) is 113 cm³/mol. The quantitative estimate of drug-likeness (QED) is 0.528. The van der Waals surface area contributed by atoms with Crippen LogP contribution in [0.4, 0.5) is 5.13 Å². The molecule has 0 aliphatic carbocycles. The van der Waals surface area contributed by atoms with Crippen LogP contribution in [0, 0.1) is 13.8 Å². The standard InChI is InChI=1S/C20H19BrN2O4S/c1-4-26-19(25)13-5-6-15-16(9-13)28-20(22-15)23-17(24)10-27-18-12(3)7-11(2)8-14(18)21/h5-9H,4,10H2,1-3H3,(H,22,23,24). The zero-order chi connectivity index (χ0) is 20.3. The minimum atomic E-state index is -0.379. The van der Waals surface area contributed by atoms with Crippen molar-refractivity contribution in [3.63, 3.8) is 0 Å². The van der Waals surface area contributed by atoms with Gasteiger partial charge in [0.05, 0.1) is 26.9 Å². The van der Waals surface area contributed by atoms with Gasteiger partial charge in [-0.25, -0.2) is 9.78 Å². The Morgan fingerprint density at radius 1 is 1.21 bits per heavy atom. The second-order valence-electron chi connectivity index (χ2n) is 6.15. The summed E-state index contributed by atoms with van der Waals surface area (Å²) in [5, 5.41) is 3.19. The summed E-state index contributed by atoms with van der Waals surface area (Å²) in [6, 6.07) is 9.04. The number of carbonyl (C=O) groups is 2. The van der Waals surface area contributed by atoms with Crippen molar-refractivity contribution < 1.29 is 19.1 Å². The van der Waals surface area contributed by atoms with E-state index in [0.717, 1.165) is 20.3 Å². The van der Waals surface area contributed by atoms with E-state index in [9.17, 15) is 9.59 Å². The fraction of sp³-hybridized carbons (Fsp3) is 0.250. The maximum absolute atomic E-state index is 12.3. The highest BCUT2D eigenvalue weighted by molar-refractivity contribution is 9.10. The largest absolute Gasteiger partial charge is 0.482 e. The van der Waals surface area contributed by atoms with Gasteiger partial charge in [0.15, 0.2) is 11.7 Å². The van der Waals surface area contributed by atoms with Crippen LogP contribution in [-0.4, -0.2) is 30.1 Å². The van der Waals surface area contributed by atoms with Crippen LogP contribution in [0.15, 0.2) is 34.8 Å². The maximum Gasteiger partial charge on any atom is 0.338 e. The number of ether oxygens (including phenoxy) is 2. The maximum atomic E-state index is 12.3. The number of hydrogen-bond donors (Lipinski definition) is 1. The van der Waals surface area contributed by atoms with Crippen molar-refractivity contribution in [1.82, 2.24) is 4.98 Å². The number of nitrogens with one attached hydrogen (secondary N) is 1. The van der Waals surface area contributed by atoms with E-state index in [1.807, 2.05) is 26.0 Å². The monoisotopic (exact) mass is 462 g/mol. The number of thiazole rings is 1. The fourth-order valence-electron chi connectivity index (χ4n) is 2.70. The molecule has 0 unspecified atom stereocenters. The van der Waals surface area contributed by atoms with Crippen LogP contribution in [0.3, 0.4) is 0 Å². The number of aromatic nitrogens is 1. The Morgan fingerprint density at radius 2 is 2.00 bits per heavy atom. The third-order valence-electron chi connectivity index (χ3n) is 3.87. The molecule has 1 N–H and O–H groups in total. The molecule has 0 aliphatic heterocycles. The Hall–Kier alpha value is -2.45. The Labute approximate surface area is 175 Å². The Balaban J connectivity index is 1.67. The number of hydrogen-bond acceptors (Lipinski definition) is 6. The molecule has 0 fully saturated rings. The third kappa shape index (κ3) is 4.69. The Bertz CT molecular complexity index is 1020. The molecule has 2 aromatic carbocycles. The van der Waals surface area contributed by atoms with Crippen molar-refractivity contribution in [3.05, 3.63) is 51.5 Å². The topological polar surface area (TPSA) is 77.5 Å². The number of nitrogens with zero attached hydrogens (tertiary/aromatic N) is 1. The first-order valence-corrected chi connectivity index (χ1v) is 10.3. The second kappa shape index (κ2) is 8.70. The van der Waals surface area contributed by atoms with E-state index < -0.39 is 0 Å². The average Bonchev–Trinajstić information content (AvgIpc) is 3.02. The molecule has 1 amide bonds. The fourth-order valence-corrected chi connectivity index (χ4v) is 4.41. The van der Waals surface area contributed by atoms with Crippen molar-refractivity contribution in [1.29, 1.82) is 0 Å². The lowest BCUT2D eigenvalue weighted by Gasteiger charge is -2.11. The van der Waals surface area contributed by atoms with Crippen LogP contribution in [0.2, 0.25) is 0 Å². The van der Waals surface area contributed by atoms with E-state index in [0.29, 0.717) is 28.6 Å². The first-order chi connectivity index (χ1) is 13.4. The van der Waals surface area contributed by atoms with Crippen LogP contribution in [-0.2, 0) is 9.53 Å². The summed E-state index contributed by atoms with van der Waals surface area (Å²) >= 11 is 4.75. The molecular formula is C20H19BrN2O4S. The van der Waals surface area contributed by atoms with Gasteiger partial charge in [-0.2, -0.15) is 0 Å². The third-order valence-corrected chi connectivity index (χ3v) is 5.39. The lowest BCUT2D eigenvalue weighted by molar-refractivity contribution is -0.118. The molecule has 6 nitrogen and oxygen atoms in total. The summed E-state index contributed by atoms with van der Waals surface area (Å²) in [4.78, 5) is 28.5. The molecule has 0 aliphatic rings. The Morgan fingerprint density at radius 3 is 2.71 bits per heavy atom. The number of benzene rings is 2. The van der Waals surface area contributed by atoms with Crippen molar-refractivity contribution in [3.8, 4) is 5.75 Å². The van der Waals surface area contributed by atoms with Gasteiger partial charge in [-0.05, 0) is 72.1 Å². The number of esters is 1. The summed E-state index contributed by atoms with van der Waals surface area (Å²) in [6.45, 7) is 5.87. The van der Waals surface area contributed by atoms with Gasteiger partial charge in [0.25, 0.3) is 5.91 Å². The van der Waals surface area contributed by atoms with Gasteiger partial charge in [-0.3, -0.25) is 10.1 Å². The number of rotatable bonds is 6. The molecule has 0 saturated heterocycles. The Kier molecular flexibility index (Phi) is 6.31. The van der Waals surface area contributed by atoms with E-state index in [2.05, 4.69) is 26.2 Å². The second-order valence-corrected chi connectivity index (χ2v) is 8.04. The summed E-state index contributed by atoms with van der Waals surface area (Å²) < 4.78 is 12.3. The van der Waals surface area contributed by atoms with Gasteiger partial charge in [-0.15, -0.1) is 0 Å². The summed E-state index contributed by atoms with van der Waals surface area (Å²) in [6.07, 6.45) is 0. The highest BCUT2D eigenvalue weighted by atomic mass is 79.9. The molecule has 146 valence electrons. The lowest BCUT2D eigenvalue weighted by Crippen LogP contribution is -2.20. The predicted octanol–water partition coefficient (Wildman–Crippen LogP) is 4.87. The van der Waals surface area contributed by atoms with E-state index in [1.54, 1.807) is 25.1 Å². The number of aryl methyl sites for hydroxylation is 2. The molecule has 8 heteroatoms. The average molecular weight is 463 g/mol. The van der Waals surface area contributed by atoms with Crippen molar-refractivity contribution >= 4 is 54.5 Å².